The number of nitrogens with zero attached hydrogens (tertiary/aromatic N) is 5. The van der Waals surface area contributed by atoms with Gasteiger partial charge in [0.2, 0.25) is 16.0 Å². The van der Waals surface area contributed by atoms with Gasteiger partial charge < -0.3 is 20.1 Å². The average Bonchev–Trinajstić information content (AvgIpc) is 3.34. The molecule has 1 fully saturated rings. The summed E-state index contributed by atoms with van der Waals surface area (Å²) in [4.78, 5) is 11.4. The van der Waals surface area contributed by atoms with Gasteiger partial charge >= 0.3 is 0 Å². The Morgan fingerprint density at radius 2 is 1.59 bits per heavy atom. The van der Waals surface area contributed by atoms with Gasteiger partial charge in [-0.25, -0.2) is 13.4 Å². The molecule has 1 saturated heterocycles. The molecule has 39 heavy (non-hydrogen) atoms. The third kappa shape index (κ3) is 6.47. The maximum absolute atomic E-state index is 13.9. The fourth-order valence-electron chi connectivity index (χ4n) is 4.76. The molecule has 3 heterocycles. The van der Waals surface area contributed by atoms with Crippen molar-refractivity contribution in [1.29, 1.82) is 0 Å². The summed E-state index contributed by atoms with van der Waals surface area (Å²) in [6, 6.07) is 20.6. The van der Waals surface area contributed by atoms with E-state index in [2.05, 4.69) is 32.5 Å². The molecular formula is C29H35N7O2S. The van der Waals surface area contributed by atoms with Crippen LogP contribution in [0.2, 0.25) is 0 Å². The third-order valence-corrected chi connectivity index (χ3v) is 9.07. The number of nitrogens with one attached hydrogen (secondary N) is 2. The predicted octanol–water partition coefficient (Wildman–Crippen LogP) is 4.90. The third-order valence-electron chi connectivity index (χ3n) is 7.16. The number of rotatable bonds is 9. The van der Waals surface area contributed by atoms with E-state index in [-0.39, 0.29) is 10.9 Å². The summed E-state index contributed by atoms with van der Waals surface area (Å²) >= 11 is 0. The van der Waals surface area contributed by atoms with Gasteiger partial charge in [0.1, 0.15) is 5.82 Å². The summed E-state index contributed by atoms with van der Waals surface area (Å²) in [6.45, 7) is 4.15. The first-order chi connectivity index (χ1) is 18.8. The molecule has 0 spiro atoms. The Hall–Kier alpha value is -3.73. The quantitative estimate of drug-likeness (QED) is 0.309. The standard InChI is InChI=1S/C29H35N7O2S/c1-22-6-8-23(9-7-22)31-28-14-17-30-29(33-28)32-24-10-12-27(13-11-24)39(37,38)36(21-26-5-4-18-35(26)3)25-15-19-34(2)20-16-25/h4-14,17-18,25H,15-16,19-21H2,1-3H3,(H2,30,31,32,33). The zero-order valence-electron chi connectivity index (χ0n) is 22.6. The fourth-order valence-corrected chi connectivity index (χ4v) is 6.42. The SMILES string of the molecule is Cc1ccc(Nc2ccnc(Nc3ccc(S(=O)(=O)N(Cc4cccn4C)C4CCN(C)CC4)cc3)n2)cc1. The largest absolute Gasteiger partial charge is 0.353 e. The van der Waals surface area contributed by atoms with Crippen LogP contribution in [0.25, 0.3) is 0 Å². The van der Waals surface area contributed by atoms with Gasteiger partial charge in [0.05, 0.1) is 11.4 Å². The van der Waals surface area contributed by atoms with Crippen LogP contribution in [-0.4, -0.2) is 58.3 Å². The van der Waals surface area contributed by atoms with Crippen molar-refractivity contribution >= 4 is 33.2 Å². The molecule has 9 nitrogen and oxygen atoms in total. The highest BCUT2D eigenvalue weighted by atomic mass is 32.2. The minimum atomic E-state index is -3.71. The Morgan fingerprint density at radius 1 is 0.923 bits per heavy atom. The van der Waals surface area contributed by atoms with Crippen LogP contribution >= 0.6 is 0 Å². The summed E-state index contributed by atoms with van der Waals surface area (Å²) in [7, 11) is 0.314. The summed E-state index contributed by atoms with van der Waals surface area (Å²) in [5.74, 6) is 1.07. The maximum Gasteiger partial charge on any atom is 0.243 e. The highest BCUT2D eigenvalue weighted by Crippen LogP contribution is 2.28. The number of piperidine rings is 1. The number of sulfonamides is 1. The van der Waals surface area contributed by atoms with Crippen LogP contribution in [0.3, 0.4) is 0 Å². The molecule has 2 aromatic carbocycles. The normalized spacial score (nSPS) is 15.0. The van der Waals surface area contributed by atoms with Crippen molar-refractivity contribution in [3.63, 3.8) is 0 Å². The van der Waals surface area contributed by atoms with Gasteiger partial charge in [0, 0.05) is 42.6 Å². The van der Waals surface area contributed by atoms with Crippen LogP contribution in [0.1, 0.15) is 24.1 Å². The van der Waals surface area contributed by atoms with Crippen LogP contribution in [0.5, 0.6) is 0 Å². The average molecular weight is 546 g/mol. The molecule has 2 aromatic heterocycles. The van der Waals surface area contributed by atoms with E-state index in [4.69, 9.17) is 0 Å². The lowest BCUT2D eigenvalue weighted by molar-refractivity contribution is 0.177. The Balaban J connectivity index is 1.32. The van der Waals surface area contributed by atoms with Gasteiger partial charge in [-0.1, -0.05) is 17.7 Å². The number of hydrogen-bond donors (Lipinski definition) is 2. The molecule has 1 aliphatic rings. The van der Waals surface area contributed by atoms with Crippen LogP contribution < -0.4 is 10.6 Å². The first-order valence-electron chi connectivity index (χ1n) is 13.1. The Labute approximate surface area is 230 Å². The molecule has 1 aliphatic heterocycles. The van der Waals surface area contributed by atoms with Gasteiger partial charge in [0.15, 0.2) is 0 Å². The lowest BCUT2D eigenvalue weighted by Gasteiger charge is -2.36. The van der Waals surface area contributed by atoms with E-state index in [1.807, 2.05) is 61.1 Å². The Morgan fingerprint density at radius 3 is 2.26 bits per heavy atom. The van der Waals surface area contributed by atoms with Crippen molar-refractivity contribution in [1.82, 2.24) is 23.7 Å². The topological polar surface area (TPSA) is 95.4 Å². The van der Waals surface area contributed by atoms with Crippen molar-refractivity contribution in [2.24, 2.45) is 7.05 Å². The van der Waals surface area contributed by atoms with Crippen molar-refractivity contribution in [2.45, 2.75) is 37.2 Å². The van der Waals surface area contributed by atoms with Crippen molar-refractivity contribution in [3.8, 4) is 0 Å². The first-order valence-corrected chi connectivity index (χ1v) is 14.6. The zero-order chi connectivity index (χ0) is 27.4. The summed E-state index contributed by atoms with van der Waals surface area (Å²) in [5.41, 5.74) is 3.79. The van der Waals surface area contributed by atoms with Crippen molar-refractivity contribution in [2.75, 3.05) is 30.8 Å². The molecule has 2 N–H and O–H groups in total. The van der Waals surface area contributed by atoms with Crippen LogP contribution in [0.4, 0.5) is 23.1 Å². The summed E-state index contributed by atoms with van der Waals surface area (Å²) in [6.07, 6.45) is 5.24. The van der Waals surface area contributed by atoms with Crippen LogP contribution in [0, 0.1) is 6.92 Å². The minimum absolute atomic E-state index is 0.0453. The molecule has 0 atom stereocenters. The van der Waals surface area contributed by atoms with E-state index in [0.717, 1.165) is 37.3 Å². The molecule has 4 aromatic rings. The number of benzene rings is 2. The van der Waals surface area contributed by atoms with E-state index in [1.54, 1.807) is 40.8 Å². The predicted molar refractivity (Wildman–Crippen MR) is 155 cm³/mol. The van der Waals surface area contributed by atoms with E-state index in [1.165, 1.54) is 5.56 Å². The molecule has 0 bridgehead atoms. The minimum Gasteiger partial charge on any atom is -0.353 e. The molecule has 0 unspecified atom stereocenters. The maximum atomic E-state index is 13.9. The second-order valence-electron chi connectivity index (χ2n) is 10.1. The molecule has 0 amide bonds. The molecular weight excluding hydrogens is 510 g/mol. The zero-order valence-corrected chi connectivity index (χ0v) is 23.4. The number of hydrogen-bond acceptors (Lipinski definition) is 7. The molecule has 10 heteroatoms. The van der Waals surface area contributed by atoms with E-state index >= 15 is 0 Å². The highest BCUT2D eigenvalue weighted by Gasteiger charge is 2.33. The number of aryl methyl sites for hydroxylation is 2. The van der Waals surface area contributed by atoms with Gasteiger partial charge in [-0.2, -0.15) is 9.29 Å². The smallest absolute Gasteiger partial charge is 0.243 e. The van der Waals surface area contributed by atoms with Gasteiger partial charge in [0.25, 0.3) is 0 Å². The highest BCUT2D eigenvalue weighted by molar-refractivity contribution is 7.89. The molecule has 0 aliphatic carbocycles. The van der Waals surface area contributed by atoms with E-state index < -0.39 is 10.0 Å². The lowest BCUT2D eigenvalue weighted by atomic mass is 10.1. The number of likely N-dealkylation sites (tertiary alicyclic amines) is 1. The molecule has 5 rings (SSSR count). The van der Waals surface area contributed by atoms with Gasteiger partial charge in [-0.15, -0.1) is 0 Å². The summed E-state index contributed by atoms with van der Waals surface area (Å²) < 4.78 is 31.5. The number of aromatic nitrogens is 3. The Bertz CT molecular complexity index is 1490. The monoisotopic (exact) mass is 545 g/mol. The fraction of sp³-hybridized carbons (Fsp3) is 0.310. The Kier molecular flexibility index (Phi) is 7.97. The number of anilines is 4. The lowest BCUT2D eigenvalue weighted by Crippen LogP contribution is -2.46. The second kappa shape index (κ2) is 11.6. The van der Waals surface area contributed by atoms with E-state index in [9.17, 15) is 8.42 Å². The van der Waals surface area contributed by atoms with E-state index in [0.29, 0.717) is 24.0 Å². The second-order valence-corrected chi connectivity index (χ2v) is 12.0. The molecule has 0 saturated carbocycles. The summed E-state index contributed by atoms with van der Waals surface area (Å²) in [5, 5.41) is 6.45. The van der Waals surface area contributed by atoms with Crippen LogP contribution in [0.15, 0.2) is 84.0 Å². The molecule has 204 valence electrons. The van der Waals surface area contributed by atoms with Gasteiger partial charge in [-0.05, 0) is 94.5 Å². The first kappa shape index (κ1) is 26.9. The van der Waals surface area contributed by atoms with Crippen LogP contribution in [-0.2, 0) is 23.6 Å². The van der Waals surface area contributed by atoms with Crippen molar-refractivity contribution < 1.29 is 8.42 Å². The van der Waals surface area contributed by atoms with Crippen molar-refractivity contribution in [3.05, 3.63) is 90.4 Å². The van der Waals surface area contributed by atoms with Gasteiger partial charge in [-0.3, -0.25) is 0 Å². The molecule has 0 radical (unpaired) electrons.